The van der Waals surface area contributed by atoms with Crippen LogP contribution in [0.5, 0.6) is 5.75 Å². The maximum absolute atomic E-state index is 13.2. The Hall–Kier alpha value is -4.13. The Kier molecular flexibility index (Phi) is 6.17. The Labute approximate surface area is 185 Å². The minimum atomic E-state index is -0.499. The van der Waals surface area contributed by atoms with Crippen molar-refractivity contribution < 1.29 is 14.3 Å². The Morgan fingerprint density at radius 2 is 1.72 bits per heavy atom. The molecular formula is C25H23N3O4. The van der Waals surface area contributed by atoms with Gasteiger partial charge in [-0.2, -0.15) is 0 Å². The molecule has 4 aromatic rings. The van der Waals surface area contributed by atoms with Gasteiger partial charge in [-0.25, -0.2) is 9.78 Å². The summed E-state index contributed by atoms with van der Waals surface area (Å²) < 4.78 is 12.5. The van der Waals surface area contributed by atoms with Gasteiger partial charge >= 0.3 is 5.97 Å². The van der Waals surface area contributed by atoms with Crippen LogP contribution in [0.25, 0.3) is 16.7 Å². The van der Waals surface area contributed by atoms with Crippen LogP contribution in [0.1, 0.15) is 12.6 Å². The number of fused-ring (bicyclic) bond motifs is 1. The zero-order valence-corrected chi connectivity index (χ0v) is 17.9. The molecule has 4 rings (SSSR count). The molecule has 2 heterocycles. The normalized spacial score (nSPS) is 10.7. The molecule has 2 aromatic heterocycles. The summed E-state index contributed by atoms with van der Waals surface area (Å²) in [5.41, 5.74) is 2.48. The van der Waals surface area contributed by atoms with Gasteiger partial charge in [0.05, 0.1) is 6.61 Å². The molecule has 0 saturated heterocycles. The first-order valence-corrected chi connectivity index (χ1v) is 10.3. The van der Waals surface area contributed by atoms with Gasteiger partial charge in [-0.3, -0.25) is 9.36 Å². The molecule has 1 N–H and O–H groups in total. The van der Waals surface area contributed by atoms with Crippen LogP contribution in [0.4, 0.5) is 11.5 Å². The number of carbonyl (C=O) groups excluding carboxylic acids is 1. The number of aryl methyl sites for hydroxylation is 1. The molecular weight excluding hydrogens is 406 g/mol. The second kappa shape index (κ2) is 9.34. The first-order chi connectivity index (χ1) is 15.6. The van der Waals surface area contributed by atoms with Crippen LogP contribution in [0.2, 0.25) is 0 Å². The highest BCUT2D eigenvalue weighted by Crippen LogP contribution is 2.29. The molecule has 0 amide bonds. The number of hydrogen-bond acceptors (Lipinski definition) is 6. The molecule has 0 unspecified atom stereocenters. The Bertz CT molecular complexity index is 1300. The third-order valence-electron chi connectivity index (χ3n) is 4.77. The van der Waals surface area contributed by atoms with Gasteiger partial charge in [0.15, 0.2) is 17.7 Å². The highest BCUT2D eigenvalue weighted by molar-refractivity contribution is 5.87. The number of para-hydroxylation sites is 2. The molecule has 2 aromatic carbocycles. The number of aromatic nitrogens is 2. The zero-order chi connectivity index (χ0) is 22.5. The van der Waals surface area contributed by atoms with E-state index in [0.717, 1.165) is 11.4 Å². The van der Waals surface area contributed by atoms with Crippen molar-refractivity contribution in [2.45, 2.75) is 13.8 Å². The maximum Gasteiger partial charge on any atom is 0.344 e. The van der Waals surface area contributed by atoms with E-state index in [4.69, 9.17) is 9.47 Å². The minimum Gasteiger partial charge on any atom is -0.481 e. The lowest BCUT2D eigenvalue weighted by Crippen LogP contribution is -2.18. The Morgan fingerprint density at radius 3 is 2.41 bits per heavy atom. The topological polar surface area (TPSA) is 82.5 Å². The van der Waals surface area contributed by atoms with E-state index in [0.29, 0.717) is 28.3 Å². The number of ether oxygens (including phenoxy) is 2. The Balaban J connectivity index is 1.92. The van der Waals surface area contributed by atoms with Gasteiger partial charge in [0.2, 0.25) is 0 Å². The third kappa shape index (κ3) is 4.46. The second-order valence-corrected chi connectivity index (χ2v) is 7.11. The van der Waals surface area contributed by atoms with Crippen LogP contribution in [0, 0.1) is 6.92 Å². The lowest BCUT2D eigenvalue weighted by molar-refractivity contribution is -0.145. The lowest BCUT2D eigenvalue weighted by atomic mass is 10.2. The fourth-order valence-corrected chi connectivity index (χ4v) is 3.45. The van der Waals surface area contributed by atoms with E-state index in [1.54, 1.807) is 13.0 Å². The SMILES string of the molecule is CCOC(=O)COc1cc(C)nc2c1c(=O)cc(Nc1ccccc1)n2-c1ccccc1. The first kappa shape index (κ1) is 21.1. The number of pyridine rings is 2. The summed E-state index contributed by atoms with van der Waals surface area (Å²) in [6, 6.07) is 22.4. The van der Waals surface area contributed by atoms with Crippen LogP contribution in [0.3, 0.4) is 0 Å². The van der Waals surface area contributed by atoms with Crippen molar-refractivity contribution in [2.75, 3.05) is 18.5 Å². The van der Waals surface area contributed by atoms with E-state index in [-0.39, 0.29) is 18.6 Å². The Morgan fingerprint density at radius 1 is 1.03 bits per heavy atom. The summed E-state index contributed by atoms with van der Waals surface area (Å²) in [4.78, 5) is 29.7. The highest BCUT2D eigenvalue weighted by atomic mass is 16.6. The van der Waals surface area contributed by atoms with Crippen molar-refractivity contribution in [1.82, 2.24) is 9.55 Å². The predicted octanol–water partition coefficient (Wildman–Crippen LogP) is 4.38. The molecule has 0 saturated carbocycles. The smallest absolute Gasteiger partial charge is 0.344 e. The molecule has 0 fully saturated rings. The van der Waals surface area contributed by atoms with Crippen molar-refractivity contribution in [3.05, 3.63) is 88.7 Å². The number of carbonyl (C=O) groups is 1. The molecule has 0 aliphatic heterocycles. The van der Waals surface area contributed by atoms with E-state index in [9.17, 15) is 9.59 Å². The van der Waals surface area contributed by atoms with Crippen LogP contribution in [-0.2, 0) is 9.53 Å². The first-order valence-electron chi connectivity index (χ1n) is 10.3. The van der Waals surface area contributed by atoms with E-state index in [1.165, 1.54) is 6.07 Å². The summed E-state index contributed by atoms with van der Waals surface area (Å²) in [6.45, 7) is 3.51. The molecule has 0 radical (unpaired) electrons. The van der Waals surface area contributed by atoms with E-state index < -0.39 is 5.97 Å². The predicted molar refractivity (Wildman–Crippen MR) is 124 cm³/mol. The van der Waals surface area contributed by atoms with E-state index in [2.05, 4.69) is 10.3 Å². The molecule has 0 spiro atoms. The molecule has 162 valence electrons. The van der Waals surface area contributed by atoms with Gasteiger partial charge in [0, 0.05) is 29.2 Å². The number of nitrogens with one attached hydrogen (secondary N) is 1. The largest absolute Gasteiger partial charge is 0.481 e. The number of anilines is 2. The van der Waals surface area contributed by atoms with Crippen molar-refractivity contribution in [2.24, 2.45) is 0 Å². The van der Waals surface area contributed by atoms with Gasteiger partial charge in [-0.15, -0.1) is 0 Å². The monoisotopic (exact) mass is 429 g/mol. The van der Waals surface area contributed by atoms with Crippen LogP contribution in [-0.4, -0.2) is 28.7 Å². The maximum atomic E-state index is 13.2. The van der Waals surface area contributed by atoms with E-state index in [1.807, 2.05) is 72.2 Å². The van der Waals surface area contributed by atoms with Gasteiger partial charge in [0.1, 0.15) is 17.0 Å². The van der Waals surface area contributed by atoms with Gasteiger partial charge in [-0.05, 0) is 38.1 Å². The van der Waals surface area contributed by atoms with Crippen LogP contribution < -0.4 is 15.5 Å². The van der Waals surface area contributed by atoms with Gasteiger partial charge < -0.3 is 14.8 Å². The number of hydrogen-bond donors (Lipinski definition) is 1. The zero-order valence-electron chi connectivity index (χ0n) is 17.9. The second-order valence-electron chi connectivity index (χ2n) is 7.11. The number of rotatable bonds is 7. The molecule has 0 bridgehead atoms. The standard InChI is InChI=1S/C25H23N3O4/c1-3-31-23(30)16-32-21-14-17(2)26-25-24(21)20(29)15-22(27-18-10-6-4-7-11-18)28(25)19-12-8-5-9-13-19/h4-15,27H,3,16H2,1-2H3. The fourth-order valence-electron chi connectivity index (χ4n) is 3.45. The highest BCUT2D eigenvalue weighted by Gasteiger charge is 2.18. The quantitative estimate of drug-likeness (QED) is 0.439. The van der Waals surface area contributed by atoms with Crippen LogP contribution in [0.15, 0.2) is 77.6 Å². The average molecular weight is 429 g/mol. The van der Waals surface area contributed by atoms with E-state index >= 15 is 0 Å². The summed E-state index contributed by atoms with van der Waals surface area (Å²) >= 11 is 0. The average Bonchev–Trinajstić information content (AvgIpc) is 2.79. The lowest BCUT2D eigenvalue weighted by Gasteiger charge is -2.19. The van der Waals surface area contributed by atoms with Crippen molar-refractivity contribution in [3.63, 3.8) is 0 Å². The number of nitrogens with zero attached hydrogens (tertiary/aromatic N) is 2. The number of esters is 1. The fraction of sp³-hybridized carbons (Fsp3) is 0.160. The summed E-state index contributed by atoms with van der Waals surface area (Å²) in [5, 5.41) is 3.61. The van der Waals surface area contributed by atoms with Crippen molar-refractivity contribution >= 4 is 28.5 Å². The van der Waals surface area contributed by atoms with Crippen molar-refractivity contribution in [1.29, 1.82) is 0 Å². The van der Waals surface area contributed by atoms with Gasteiger partial charge in [-0.1, -0.05) is 36.4 Å². The molecule has 32 heavy (non-hydrogen) atoms. The summed E-state index contributed by atoms with van der Waals surface area (Å²) in [7, 11) is 0. The van der Waals surface area contributed by atoms with Gasteiger partial charge in [0.25, 0.3) is 0 Å². The van der Waals surface area contributed by atoms with Crippen LogP contribution >= 0.6 is 0 Å². The summed E-state index contributed by atoms with van der Waals surface area (Å²) in [6.07, 6.45) is 0. The summed E-state index contributed by atoms with van der Waals surface area (Å²) in [5.74, 6) is 0.358. The molecule has 7 heteroatoms. The molecule has 7 nitrogen and oxygen atoms in total. The van der Waals surface area contributed by atoms with Crippen molar-refractivity contribution in [3.8, 4) is 11.4 Å². The molecule has 0 atom stereocenters. The minimum absolute atomic E-state index is 0.258. The third-order valence-corrected chi connectivity index (χ3v) is 4.77. The molecule has 0 aliphatic rings. The molecule has 0 aliphatic carbocycles. The number of benzene rings is 2.